The molecule has 0 atom stereocenters. The Hall–Kier alpha value is -1.82. The molecule has 6 nitrogen and oxygen atoms in total. The van der Waals surface area contributed by atoms with E-state index in [9.17, 15) is 4.79 Å². The average Bonchev–Trinajstić information content (AvgIpc) is 2.59. The molecule has 0 aliphatic carbocycles. The molecule has 17 heavy (non-hydrogen) atoms. The first-order chi connectivity index (χ1) is 8.36. The number of imidazole rings is 1. The fraction of sp³-hybridized carbons (Fsp3) is 0.455. The van der Waals surface area contributed by atoms with Crippen molar-refractivity contribution in [2.75, 3.05) is 31.2 Å². The summed E-state index contributed by atoms with van der Waals surface area (Å²) < 4.78 is 7.15. The lowest BCUT2D eigenvalue weighted by Gasteiger charge is -2.18. The summed E-state index contributed by atoms with van der Waals surface area (Å²) >= 11 is 0. The van der Waals surface area contributed by atoms with Crippen LogP contribution in [0.3, 0.4) is 0 Å². The summed E-state index contributed by atoms with van der Waals surface area (Å²) in [5.74, 6) is 0.748. The molecule has 1 N–H and O–H groups in total. The Morgan fingerprint density at radius 1 is 1.35 bits per heavy atom. The molecule has 0 bridgehead atoms. The van der Waals surface area contributed by atoms with Crippen LogP contribution in [0.1, 0.15) is 6.42 Å². The van der Waals surface area contributed by atoms with Crippen molar-refractivity contribution < 1.29 is 4.74 Å². The third kappa shape index (κ3) is 1.80. The maximum Gasteiger partial charge on any atom is 0.276 e. The molecule has 2 aromatic heterocycles. The maximum atomic E-state index is 11.8. The second kappa shape index (κ2) is 4.21. The average molecular weight is 234 g/mol. The van der Waals surface area contributed by atoms with Crippen LogP contribution in [0.15, 0.2) is 23.5 Å². The molecule has 3 heterocycles. The van der Waals surface area contributed by atoms with E-state index in [2.05, 4.69) is 14.9 Å². The minimum absolute atomic E-state index is 0.106. The summed E-state index contributed by atoms with van der Waals surface area (Å²) in [5.41, 5.74) is 0.500. The molecular weight excluding hydrogens is 220 g/mol. The fourth-order valence-electron chi connectivity index (χ4n) is 2.13. The Kier molecular flexibility index (Phi) is 2.56. The monoisotopic (exact) mass is 234 g/mol. The molecule has 0 radical (unpaired) electrons. The van der Waals surface area contributed by atoms with E-state index >= 15 is 0 Å². The molecule has 2 aromatic rings. The molecule has 0 aromatic carbocycles. The van der Waals surface area contributed by atoms with Gasteiger partial charge in [-0.1, -0.05) is 0 Å². The SMILES string of the molecule is O=c1[nH]ccn2cnc(N3CCCOCC3)c12. The number of H-pyrrole nitrogens is 1. The molecule has 1 saturated heterocycles. The van der Waals surface area contributed by atoms with Gasteiger partial charge in [0.2, 0.25) is 0 Å². The topological polar surface area (TPSA) is 62.6 Å². The highest BCUT2D eigenvalue weighted by atomic mass is 16.5. The van der Waals surface area contributed by atoms with E-state index in [0.29, 0.717) is 12.1 Å². The van der Waals surface area contributed by atoms with Crippen molar-refractivity contribution in [2.45, 2.75) is 6.42 Å². The fourth-order valence-corrected chi connectivity index (χ4v) is 2.13. The van der Waals surface area contributed by atoms with Gasteiger partial charge in [-0.25, -0.2) is 4.98 Å². The van der Waals surface area contributed by atoms with Gasteiger partial charge in [0, 0.05) is 32.1 Å². The van der Waals surface area contributed by atoms with Crippen LogP contribution < -0.4 is 10.5 Å². The number of aromatic nitrogens is 3. The lowest BCUT2D eigenvalue weighted by atomic mass is 10.4. The van der Waals surface area contributed by atoms with Crippen LogP contribution in [0.5, 0.6) is 0 Å². The first kappa shape index (κ1) is 10.3. The van der Waals surface area contributed by atoms with E-state index in [-0.39, 0.29) is 5.56 Å². The van der Waals surface area contributed by atoms with Gasteiger partial charge >= 0.3 is 0 Å². The maximum absolute atomic E-state index is 11.8. The summed E-state index contributed by atoms with van der Waals surface area (Å²) in [6.07, 6.45) is 6.04. The Labute approximate surface area is 97.8 Å². The zero-order chi connectivity index (χ0) is 11.7. The Morgan fingerprint density at radius 3 is 3.24 bits per heavy atom. The van der Waals surface area contributed by atoms with E-state index in [0.717, 1.165) is 31.9 Å². The number of hydrogen-bond donors (Lipinski definition) is 1. The normalized spacial score (nSPS) is 17.3. The second-order valence-electron chi connectivity index (χ2n) is 4.07. The van der Waals surface area contributed by atoms with Crippen LogP contribution >= 0.6 is 0 Å². The van der Waals surface area contributed by atoms with E-state index in [4.69, 9.17) is 4.74 Å². The number of ether oxygens (including phenoxy) is 1. The number of hydrogen-bond acceptors (Lipinski definition) is 4. The number of rotatable bonds is 1. The van der Waals surface area contributed by atoms with Crippen LogP contribution in [0.25, 0.3) is 5.52 Å². The van der Waals surface area contributed by atoms with Gasteiger partial charge in [-0.2, -0.15) is 0 Å². The summed E-state index contributed by atoms with van der Waals surface area (Å²) in [6.45, 7) is 3.12. The van der Waals surface area contributed by atoms with Gasteiger partial charge in [0.1, 0.15) is 6.33 Å². The van der Waals surface area contributed by atoms with Crippen LogP contribution in [0, 0.1) is 0 Å². The van der Waals surface area contributed by atoms with Crippen LogP contribution in [0.4, 0.5) is 5.82 Å². The molecule has 0 amide bonds. The van der Waals surface area contributed by atoms with E-state index < -0.39 is 0 Å². The number of anilines is 1. The minimum Gasteiger partial charge on any atom is -0.380 e. The summed E-state index contributed by atoms with van der Waals surface area (Å²) in [6, 6.07) is 0. The first-order valence-corrected chi connectivity index (χ1v) is 5.73. The Morgan fingerprint density at radius 2 is 2.29 bits per heavy atom. The van der Waals surface area contributed by atoms with Gasteiger partial charge in [-0.05, 0) is 6.42 Å². The highest BCUT2D eigenvalue weighted by molar-refractivity contribution is 5.68. The van der Waals surface area contributed by atoms with Crippen LogP contribution in [-0.4, -0.2) is 40.7 Å². The number of aromatic amines is 1. The smallest absolute Gasteiger partial charge is 0.276 e. The van der Waals surface area contributed by atoms with Crippen LogP contribution in [0.2, 0.25) is 0 Å². The van der Waals surface area contributed by atoms with Gasteiger partial charge in [-0.15, -0.1) is 0 Å². The van der Waals surface area contributed by atoms with Crippen LogP contribution in [-0.2, 0) is 4.74 Å². The van der Waals surface area contributed by atoms with Gasteiger partial charge in [0.15, 0.2) is 11.3 Å². The van der Waals surface area contributed by atoms with Gasteiger partial charge in [-0.3, -0.25) is 9.20 Å². The molecule has 90 valence electrons. The molecule has 1 aliphatic heterocycles. The predicted molar refractivity (Wildman–Crippen MR) is 63.5 cm³/mol. The summed E-state index contributed by atoms with van der Waals surface area (Å²) in [4.78, 5) is 20.9. The molecular formula is C11H14N4O2. The third-order valence-electron chi connectivity index (χ3n) is 2.96. The molecule has 0 unspecified atom stereocenters. The molecule has 0 spiro atoms. The Balaban J connectivity index is 2.07. The van der Waals surface area contributed by atoms with Crippen molar-refractivity contribution in [3.8, 4) is 0 Å². The van der Waals surface area contributed by atoms with Crippen molar-refractivity contribution in [2.24, 2.45) is 0 Å². The van der Waals surface area contributed by atoms with Crippen molar-refractivity contribution in [1.82, 2.24) is 14.4 Å². The molecule has 1 aliphatic rings. The second-order valence-corrected chi connectivity index (χ2v) is 4.07. The van der Waals surface area contributed by atoms with Crippen molar-refractivity contribution >= 4 is 11.3 Å². The summed E-state index contributed by atoms with van der Waals surface area (Å²) in [5, 5.41) is 0. The molecule has 1 fully saturated rings. The number of fused-ring (bicyclic) bond motifs is 1. The highest BCUT2D eigenvalue weighted by Gasteiger charge is 2.16. The van der Waals surface area contributed by atoms with Gasteiger partial charge in [0.25, 0.3) is 5.56 Å². The number of nitrogens with one attached hydrogen (secondary N) is 1. The number of nitrogens with zero attached hydrogens (tertiary/aromatic N) is 3. The Bertz CT molecular complexity index is 566. The largest absolute Gasteiger partial charge is 0.380 e. The molecule has 3 rings (SSSR count). The van der Waals surface area contributed by atoms with Crippen molar-refractivity contribution in [1.29, 1.82) is 0 Å². The first-order valence-electron chi connectivity index (χ1n) is 5.73. The van der Waals surface area contributed by atoms with Gasteiger partial charge in [0.05, 0.1) is 6.61 Å². The predicted octanol–water partition coefficient (Wildman–Crippen LogP) is 0.249. The van der Waals surface area contributed by atoms with Gasteiger partial charge < -0.3 is 14.6 Å². The lowest BCUT2D eigenvalue weighted by molar-refractivity contribution is 0.152. The quantitative estimate of drug-likeness (QED) is 0.768. The highest BCUT2D eigenvalue weighted by Crippen LogP contribution is 2.17. The van der Waals surface area contributed by atoms with E-state index in [1.807, 2.05) is 0 Å². The summed E-state index contributed by atoms with van der Waals surface area (Å²) in [7, 11) is 0. The lowest BCUT2D eigenvalue weighted by Crippen LogP contribution is -2.27. The molecule has 0 saturated carbocycles. The van der Waals surface area contributed by atoms with Crippen molar-refractivity contribution in [3.05, 3.63) is 29.1 Å². The standard InChI is InChI=1S/C11H14N4O2/c16-11-9-10(13-8-15(9)4-2-12-11)14-3-1-6-17-7-5-14/h2,4,8H,1,3,5-7H2,(H,12,16). The zero-order valence-electron chi connectivity index (χ0n) is 9.43. The van der Waals surface area contributed by atoms with Crippen molar-refractivity contribution in [3.63, 3.8) is 0 Å². The minimum atomic E-state index is -0.106. The van der Waals surface area contributed by atoms with E-state index in [1.165, 1.54) is 0 Å². The third-order valence-corrected chi connectivity index (χ3v) is 2.96. The molecule has 6 heteroatoms. The van der Waals surface area contributed by atoms with E-state index in [1.54, 1.807) is 23.1 Å². The zero-order valence-corrected chi connectivity index (χ0v) is 9.43.